The van der Waals surface area contributed by atoms with Crippen LogP contribution in [-0.4, -0.2) is 30.4 Å². The Labute approximate surface area is 164 Å². The predicted molar refractivity (Wildman–Crippen MR) is 107 cm³/mol. The van der Waals surface area contributed by atoms with Crippen LogP contribution in [0.2, 0.25) is 0 Å². The first-order valence-electron chi connectivity index (χ1n) is 8.99. The van der Waals surface area contributed by atoms with Gasteiger partial charge in [0.05, 0.1) is 0 Å². The molecule has 0 aliphatic carbocycles. The molecule has 2 rings (SSSR count). The van der Waals surface area contributed by atoms with Crippen LogP contribution in [0.5, 0.6) is 5.75 Å². The van der Waals surface area contributed by atoms with Gasteiger partial charge in [0.15, 0.2) is 18.5 Å². The SMILES string of the molecule is CC(=O)c1ccc(OCC(=O)O[C@H](C)C(=O)Nc2c(C)cc(C)cc2C)cc1. The first-order valence-corrected chi connectivity index (χ1v) is 8.99. The molecule has 0 saturated carbocycles. The minimum Gasteiger partial charge on any atom is -0.482 e. The highest BCUT2D eigenvalue weighted by molar-refractivity contribution is 5.96. The van der Waals surface area contributed by atoms with Crippen molar-refractivity contribution in [2.45, 2.75) is 40.7 Å². The number of aryl methyl sites for hydroxylation is 3. The first kappa shape index (κ1) is 21.2. The molecule has 0 heterocycles. The number of nitrogens with one attached hydrogen (secondary N) is 1. The molecule has 0 aromatic heterocycles. The maximum atomic E-state index is 12.4. The molecule has 0 bridgehead atoms. The maximum absolute atomic E-state index is 12.4. The van der Waals surface area contributed by atoms with E-state index in [-0.39, 0.29) is 12.4 Å². The molecule has 6 nitrogen and oxygen atoms in total. The number of benzene rings is 2. The van der Waals surface area contributed by atoms with E-state index in [4.69, 9.17) is 9.47 Å². The molecule has 0 saturated heterocycles. The fourth-order valence-corrected chi connectivity index (χ4v) is 2.81. The van der Waals surface area contributed by atoms with E-state index >= 15 is 0 Å². The van der Waals surface area contributed by atoms with Crippen LogP contribution in [0.4, 0.5) is 5.69 Å². The Bertz CT molecular complexity index is 863. The number of ketones is 1. The Morgan fingerprint density at radius 2 is 1.57 bits per heavy atom. The molecule has 1 N–H and O–H groups in total. The summed E-state index contributed by atoms with van der Waals surface area (Å²) in [5.74, 6) is -0.681. The van der Waals surface area contributed by atoms with Crippen molar-refractivity contribution >= 4 is 23.3 Å². The molecule has 28 heavy (non-hydrogen) atoms. The van der Waals surface area contributed by atoms with Crippen LogP contribution in [0.3, 0.4) is 0 Å². The normalized spacial score (nSPS) is 11.5. The van der Waals surface area contributed by atoms with E-state index in [1.807, 2.05) is 32.9 Å². The van der Waals surface area contributed by atoms with Crippen molar-refractivity contribution in [1.82, 2.24) is 0 Å². The second kappa shape index (κ2) is 9.17. The van der Waals surface area contributed by atoms with Gasteiger partial charge in [-0.15, -0.1) is 0 Å². The van der Waals surface area contributed by atoms with Gasteiger partial charge in [0.2, 0.25) is 0 Å². The number of rotatable bonds is 7. The summed E-state index contributed by atoms with van der Waals surface area (Å²) in [6, 6.07) is 10.4. The highest BCUT2D eigenvalue weighted by atomic mass is 16.6. The van der Waals surface area contributed by atoms with Gasteiger partial charge in [-0.25, -0.2) is 4.79 Å². The molecule has 0 aliphatic rings. The molecule has 1 atom stereocenters. The number of ether oxygens (including phenoxy) is 2. The molecule has 2 aromatic carbocycles. The molecule has 0 aliphatic heterocycles. The molecule has 0 unspecified atom stereocenters. The van der Waals surface area contributed by atoms with Crippen LogP contribution in [0.15, 0.2) is 36.4 Å². The van der Waals surface area contributed by atoms with Gasteiger partial charge in [-0.05, 0) is 70.0 Å². The van der Waals surface area contributed by atoms with Gasteiger partial charge in [-0.2, -0.15) is 0 Å². The van der Waals surface area contributed by atoms with Crippen LogP contribution in [-0.2, 0) is 14.3 Å². The van der Waals surface area contributed by atoms with Crippen LogP contribution in [0.25, 0.3) is 0 Å². The summed E-state index contributed by atoms with van der Waals surface area (Å²) in [5.41, 5.74) is 4.28. The molecule has 1 amide bonds. The van der Waals surface area contributed by atoms with Crippen LogP contribution >= 0.6 is 0 Å². The number of amides is 1. The number of hydrogen-bond donors (Lipinski definition) is 1. The van der Waals surface area contributed by atoms with Crippen molar-refractivity contribution in [2.75, 3.05) is 11.9 Å². The molecule has 0 fully saturated rings. The lowest BCUT2D eigenvalue weighted by Crippen LogP contribution is -2.32. The highest BCUT2D eigenvalue weighted by Gasteiger charge is 2.19. The van der Waals surface area contributed by atoms with E-state index in [1.54, 1.807) is 24.3 Å². The fourth-order valence-electron chi connectivity index (χ4n) is 2.81. The van der Waals surface area contributed by atoms with E-state index < -0.39 is 18.0 Å². The first-order chi connectivity index (χ1) is 13.2. The lowest BCUT2D eigenvalue weighted by Gasteiger charge is -2.17. The minimum absolute atomic E-state index is 0.0511. The lowest BCUT2D eigenvalue weighted by molar-refractivity contribution is -0.155. The van der Waals surface area contributed by atoms with E-state index in [0.29, 0.717) is 11.3 Å². The smallest absolute Gasteiger partial charge is 0.344 e. The van der Waals surface area contributed by atoms with E-state index in [9.17, 15) is 14.4 Å². The Morgan fingerprint density at radius 3 is 2.11 bits per heavy atom. The molecular formula is C22H25NO5. The largest absolute Gasteiger partial charge is 0.482 e. The average molecular weight is 383 g/mol. The fraction of sp³-hybridized carbons (Fsp3) is 0.318. The summed E-state index contributed by atoms with van der Waals surface area (Å²) in [6.07, 6.45) is -0.962. The predicted octanol–water partition coefficient (Wildman–Crippen LogP) is 3.76. The van der Waals surface area contributed by atoms with Crippen LogP contribution < -0.4 is 10.1 Å². The Hall–Kier alpha value is -3.15. The maximum Gasteiger partial charge on any atom is 0.344 e. The molecule has 2 aromatic rings. The number of anilines is 1. The Balaban J connectivity index is 1.87. The Morgan fingerprint density at radius 1 is 1.00 bits per heavy atom. The highest BCUT2D eigenvalue weighted by Crippen LogP contribution is 2.22. The number of carbonyl (C=O) groups excluding carboxylic acids is 3. The Kier molecular flexibility index (Phi) is 6.93. The van der Waals surface area contributed by atoms with E-state index in [0.717, 1.165) is 22.4 Å². The van der Waals surface area contributed by atoms with Crippen molar-refractivity contribution in [3.8, 4) is 5.75 Å². The van der Waals surface area contributed by atoms with E-state index in [2.05, 4.69) is 5.32 Å². The molecule has 6 heteroatoms. The summed E-state index contributed by atoms with van der Waals surface area (Å²) < 4.78 is 10.5. The number of hydrogen-bond acceptors (Lipinski definition) is 5. The summed E-state index contributed by atoms with van der Waals surface area (Å²) in [7, 11) is 0. The number of Topliss-reactive ketones (excluding diaryl/α,β-unsaturated/α-hetero) is 1. The van der Waals surface area contributed by atoms with Crippen molar-refractivity contribution in [1.29, 1.82) is 0 Å². The molecule has 148 valence electrons. The number of esters is 1. The summed E-state index contributed by atoms with van der Waals surface area (Å²) in [5, 5.41) is 2.81. The van der Waals surface area contributed by atoms with Crippen molar-refractivity contribution in [3.05, 3.63) is 58.7 Å². The summed E-state index contributed by atoms with van der Waals surface area (Å²) in [4.78, 5) is 35.6. The quantitative estimate of drug-likeness (QED) is 0.581. The molecular weight excluding hydrogens is 358 g/mol. The average Bonchev–Trinajstić information content (AvgIpc) is 2.63. The van der Waals surface area contributed by atoms with E-state index in [1.165, 1.54) is 13.8 Å². The van der Waals surface area contributed by atoms with Crippen molar-refractivity contribution in [2.24, 2.45) is 0 Å². The van der Waals surface area contributed by atoms with Crippen LogP contribution in [0.1, 0.15) is 40.9 Å². The van der Waals surface area contributed by atoms with Crippen LogP contribution in [0, 0.1) is 20.8 Å². The van der Waals surface area contributed by atoms with Gasteiger partial charge in [-0.1, -0.05) is 17.7 Å². The zero-order valence-corrected chi connectivity index (χ0v) is 16.8. The van der Waals surface area contributed by atoms with Gasteiger partial charge in [0.1, 0.15) is 5.75 Å². The second-order valence-corrected chi connectivity index (χ2v) is 6.76. The summed E-state index contributed by atoms with van der Waals surface area (Å²) in [6.45, 7) is 8.46. The van der Waals surface area contributed by atoms with Gasteiger partial charge >= 0.3 is 5.97 Å². The molecule has 0 radical (unpaired) electrons. The third-order valence-electron chi connectivity index (χ3n) is 4.22. The third-order valence-corrected chi connectivity index (χ3v) is 4.22. The van der Waals surface area contributed by atoms with Crippen molar-refractivity contribution < 1.29 is 23.9 Å². The van der Waals surface area contributed by atoms with Gasteiger partial charge < -0.3 is 14.8 Å². The molecule has 0 spiro atoms. The van der Waals surface area contributed by atoms with Gasteiger partial charge in [-0.3, -0.25) is 9.59 Å². The van der Waals surface area contributed by atoms with Gasteiger partial charge in [0, 0.05) is 11.3 Å². The monoisotopic (exact) mass is 383 g/mol. The zero-order valence-electron chi connectivity index (χ0n) is 16.8. The van der Waals surface area contributed by atoms with Gasteiger partial charge in [0.25, 0.3) is 5.91 Å². The second-order valence-electron chi connectivity index (χ2n) is 6.76. The summed E-state index contributed by atoms with van der Waals surface area (Å²) >= 11 is 0. The number of carbonyl (C=O) groups is 3. The lowest BCUT2D eigenvalue weighted by atomic mass is 10.0. The standard InChI is InChI=1S/C22H25NO5/c1-13-10-14(2)21(15(3)11-13)23-22(26)17(5)28-20(25)12-27-19-8-6-18(7-9-19)16(4)24/h6-11,17H,12H2,1-5H3,(H,23,26)/t17-/m1/s1. The minimum atomic E-state index is -0.962. The topological polar surface area (TPSA) is 81.7 Å². The zero-order chi connectivity index (χ0) is 20.8. The van der Waals surface area contributed by atoms with Crippen molar-refractivity contribution in [3.63, 3.8) is 0 Å². The third kappa shape index (κ3) is 5.67.